The monoisotopic (exact) mass is 406 g/mol. The number of Topliss-reactive ketones (excluding diaryl/α,β-unsaturated/α-hetero) is 1. The first-order valence-electron chi connectivity index (χ1n) is 7.72. The van der Waals surface area contributed by atoms with Crippen molar-refractivity contribution in [2.24, 2.45) is 0 Å². The molecule has 1 heterocycles. The molecule has 0 fully saturated rings. The molecular weight excluding hydrogens is 395 g/mol. The maximum Gasteiger partial charge on any atom is 0.328 e. The summed E-state index contributed by atoms with van der Waals surface area (Å²) in [5.41, 5.74) is -0.901. The topological polar surface area (TPSA) is 98.2 Å². The van der Waals surface area contributed by atoms with E-state index < -0.39 is 36.0 Å². The highest BCUT2D eigenvalue weighted by molar-refractivity contribution is 6.36. The fourth-order valence-electron chi connectivity index (χ4n) is 2.47. The average Bonchev–Trinajstić information content (AvgIpc) is 2.64. The van der Waals surface area contributed by atoms with Gasteiger partial charge < -0.3 is 4.74 Å². The minimum Gasteiger partial charge on any atom is -0.456 e. The van der Waals surface area contributed by atoms with Gasteiger partial charge in [-0.25, -0.2) is 4.68 Å². The maximum atomic E-state index is 12.3. The second-order valence-corrected chi connectivity index (χ2v) is 6.43. The molecule has 0 saturated heterocycles. The van der Waals surface area contributed by atoms with Gasteiger partial charge in [-0.05, 0) is 30.3 Å². The average molecular weight is 407 g/mol. The molecule has 2 aromatic carbocycles. The van der Waals surface area contributed by atoms with Crippen molar-refractivity contribution in [2.45, 2.75) is 6.54 Å². The van der Waals surface area contributed by atoms with Crippen LogP contribution in [-0.4, -0.2) is 28.1 Å². The molecule has 0 radical (unpaired) electrons. The second-order valence-electron chi connectivity index (χ2n) is 5.59. The molecule has 0 atom stereocenters. The molecule has 0 aliphatic rings. The minimum atomic E-state index is -0.860. The molecule has 27 heavy (non-hydrogen) atoms. The van der Waals surface area contributed by atoms with E-state index >= 15 is 0 Å². The number of ether oxygens (including phenoxy) is 1. The third-order valence-corrected chi connectivity index (χ3v) is 4.31. The van der Waals surface area contributed by atoms with Crippen LogP contribution in [0.15, 0.2) is 52.1 Å². The van der Waals surface area contributed by atoms with E-state index in [0.717, 1.165) is 4.68 Å². The van der Waals surface area contributed by atoms with E-state index in [1.54, 1.807) is 12.1 Å². The van der Waals surface area contributed by atoms with Crippen LogP contribution in [0.4, 0.5) is 0 Å². The van der Waals surface area contributed by atoms with Gasteiger partial charge in [0.05, 0.1) is 15.8 Å². The largest absolute Gasteiger partial charge is 0.456 e. The lowest BCUT2D eigenvalue weighted by molar-refractivity contribution is -0.143. The fourth-order valence-corrected chi connectivity index (χ4v) is 2.99. The Morgan fingerprint density at radius 2 is 1.74 bits per heavy atom. The molecule has 0 amide bonds. The maximum absolute atomic E-state index is 12.3. The van der Waals surface area contributed by atoms with E-state index in [4.69, 9.17) is 27.9 Å². The number of aromatic amines is 1. The van der Waals surface area contributed by atoms with Crippen LogP contribution in [0.1, 0.15) is 10.4 Å². The lowest BCUT2D eigenvalue weighted by Gasteiger charge is -2.08. The number of nitrogens with zero attached hydrogens (tertiary/aromatic N) is 1. The molecule has 138 valence electrons. The molecule has 1 N–H and O–H groups in total. The molecule has 0 spiro atoms. The van der Waals surface area contributed by atoms with Gasteiger partial charge in [0.2, 0.25) is 5.78 Å². The Balaban J connectivity index is 1.72. The molecule has 3 aromatic rings. The smallest absolute Gasteiger partial charge is 0.328 e. The zero-order chi connectivity index (χ0) is 19.6. The Morgan fingerprint density at radius 1 is 1.04 bits per heavy atom. The fraction of sp³-hybridized carbons (Fsp3) is 0.111. The van der Waals surface area contributed by atoms with Gasteiger partial charge in [0, 0.05) is 10.6 Å². The van der Waals surface area contributed by atoms with Gasteiger partial charge in [0.25, 0.3) is 11.1 Å². The van der Waals surface area contributed by atoms with E-state index in [1.165, 1.54) is 30.3 Å². The molecule has 7 nitrogen and oxygen atoms in total. The van der Waals surface area contributed by atoms with Crippen LogP contribution < -0.4 is 11.1 Å². The number of H-pyrrole nitrogens is 1. The van der Waals surface area contributed by atoms with E-state index in [-0.39, 0.29) is 21.4 Å². The van der Waals surface area contributed by atoms with Gasteiger partial charge in [-0.1, -0.05) is 35.3 Å². The van der Waals surface area contributed by atoms with Gasteiger partial charge in [0.1, 0.15) is 6.54 Å². The lowest BCUT2D eigenvalue weighted by atomic mass is 10.1. The molecule has 3 rings (SSSR count). The number of halogens is 2. The Labute approximate surface area is 162 Å². The van der Waals surface area contributed by atoms with E-state index in [9.17, 15) is 19.2 Å². The predicted octanol–water partition coefficient (Wildman–Crippen LogP) is 2.42. The van der Waals surface area contributed by atoms with Gasteiger partial charge >= 0.3 is 5.97 Å². The van der Waals surface area contributed by atoms with Crippen LogP contribution in [-0.2, 0) is 16.1 Å². The van der Waals surface area contributed by atoms with Crippen molar-refractivity contribution < 1.29 is 14.3 Å². The van der Waals surface area contributed by atoms with Crippen LogP contribution in [0.3, 0.4) is 0 Å². The highest BCUT2D eigenvalue weighted by Gasteiger charge is 2.15. The molecule has 9 heteroatoms. The quantitative estimate of drug-likeness (QED) is 0.518. The first-order valence-corrected chi connectivity index (χ1v) is 8.48. The van der Waals surface area contributed by atoms with Crippen LogP contribution in [0.5, 0.6) is 0 Å². The number of hydrogen-bond acceptors (Lipinski definition) is 5. The number of carbonyl (C=O) groups is 2. The Bertz CT molecular complexity index is 1170. The summed E-state index contributed by atoms with van der Waals surface area (Å²) >= 11 is 11.7. The summed E-state index contributed by atoms with van der Waals surface area (Å²) in [5, 5.41) is 3.22. The van der Waals surface area contributed by atoms with Crippen LogP contribution in [0.2, 0.25) is 10.0 Å². The molecule has 0 aliphatic heterocycles. The molecule has 0 unspecified atom stereocenters. The zero-order valence-electron chi connectivity index (χ0n) is 13.7. The first-order chi connectivity index (χ1) is 12.9. The molecular formula is C18H12Cl2N2O5. The molecule has 0 aliphatic carbocycles. The second kappa shape index (κ2) is 7.77. The van der Waals surface area contributed by atoms with Crippen molar-refractivity contribution in [3.8, 4) is 0 Å². The summed E-state index contributed by atoms with van der Waals surface area (Å²) in [5.74, 6) is -1.38. The van der Waals surface area contributed by atoms with Crippen LogP contribution in [0, 0.1) is 0 Å². The van der Waals surface area contributed by atoms with Crippen molar-refractivity contribution in [1.82, 2.24) is 9.78 Å². The number of aromatic nitrogens is 2. The summed E-state index contributed by atoms with van der Waals surface area (Å²) in [6, 6.07) is 10.5. The Hall–Kier alpha value is -2.90. The van der Waals surface area contributed by atoms with Gasteiger partial charge in [-0.15, -0.1) is 0 Å². The van der Waals surface area contributed by atoms with Crippen molar-refractivity contribution in [1.29, 1.82) is 0 Å². The standard InChI is InChI=1S/C18H12Cl2N2O5/c19-10-5-6-13(14(20)7-10)15(23)9-27-16(24)8-22-18(26)12-4-2-1-3-11(12)17(25)21-22/h1-7H,8-9H2,(H,21,25). The molecule has 1 aromatic heterocycles. The summed E-state index contributed by atoms with van der Waals surface area (Å²) in [6.45, 7) is -1.10. The first kappa shape index (κ1) is 18.9. The zero-order valence-corrected chi connectivity index (χ0v) is 15.2. The third-order valence-electron chi connectivity index (χ3n) is 3.77. The van der Waals surface area contributed by atoms with Crippen molar-refractivity contribution in [2.75, 3.05) is 6.61 Å². The lowest BCUT2D eigenvalue weighted by Crippen LogP contribution is -2.33. The summed E-state index contributed by atoms with van der Waals surface area (Å²) in [4.78, 5) is 48.4. The Morgan fingerprint density at radius 3 is 2.44 bits per heavy atom. The van der Waals surface area contributed by atoms with Crippen LogP contribution in [0.25, 0.3) is 10.8 Å². The highest BCUT2D eigenvalue weighted by Crippen LogP contribution is 2.21. The number of fused-ring (bicyclic) bond motifs is 1. The van der Waals surface area contributed by atoms with Gasteiger partial charge in [0.15, 0.2) is 6.61 Å². The van der Waals surface area contributed by atoms with E-state index in [1.807, 2.05) is 0 Å². The van der Waals surface area contributed by atoms with Crippen molar-refractivity contribution in [3.05, 3.63) is 78.8 Å². The van der Waals surface area contributed by atoms with Crippen molar-refractivity contribution in [3.63, 3.8) is 0 Å². The number of benzene rings is 2. The third kappa shape index (κ3) is 4.10. The predicted molar refractivity (Wildman–Crippen MR) is 101 cm³/mol. The Kier molecular flexibility index (Phi) is 5.43. The van der Waals surface area contributed by atoms with Gasteiger partial charge in [-0.2, -0.15) is 0 Å². The number of hydrogen-bond donors (Lipinski definition) is 1. The minimum absolute atomic E-state index is 0.138. The normalized spacial score (nSPS) is 10.7. The number of rotatable bonds is 5. The molecule has 0 saturated carbocycles. The summed E-state index contributed by atoms with van der Waals surface area (Å²) in [6.07, 6.45) is 0. The number of ketones is 1. The SMILES string of the molecule is O=C(Cn1[nH]c(=O)c2ccccc2c1=O)OCC(=O)c1ccc(Cl)cc1Cl. The number of carbonyl (C=O) groups excluding carboxylic acids is 2. The van der Waals surface area contributed by atoms with E-state index in [2.05, 4.69) is 5.10 Å². The summed E-state index contributed by atoms with van der Waals surface area (Å²) in [7, 11) is 0. The van der Waals surface area contributed by atoms with E-state index in [0.29, 0.717) is 5.02 Å². The molecule has 0 bridgehead atoms. The van der Waals surface area contributed by atoms with Gasteiger partial charge in [-0.3, -0.25) is 24.3 Å². The number of nitrogens with one attached hydrogen (secondary N) is 1. The number of esters is 1. The van der Waals surface area contributed by atoms with Crippen molar-refractivity contribution >= 4 is 45.7 Å². The summed E-state index contributed by atoms with van der Waals surface area (Å²) < 4.78 is 5.73. The van der Waals surface area contributed by atoms with Crippen LogP contribution >= 0.6 is 23.2 Å². The highest BCUT2D eigenvalue weighted by atomic mass is 35.5.